The summed E-state index contributed by atoms with van der Waals surface area (Å²) in [6.07, 6.45) is -0.284. The highest BCUT2D eigenvalue weighted by Crippen LogP contribution is 2.59. The molecule has 0 aromatic heterocycles. The van der Waals surface area contributed by atoms with Crippen molar-refractivity contribution in [2.24, 2.45) is 0 Å². The molecule has 0 bridgehead atoms. The second kappa shape index (κ2) is 17.7. The fourth-order valence-corrected chi connectivity index (χ4v) is 12.3. The molecule has 0 fully saturated rings. The maximum Gasteiger partial charge on any atom is 0.126 e. The van der Waals surface area contributed by atoms with Gasteiger partial charge >= 0.3 is 0 Å². The fourth-order valence-electron chi connectivity index (χ4n) is 8.08. The van der Waals surface area contributed by atoms with Crippen molar-refractivity contribution in [3.8, 4) is 5.75 Å². The molecule has 0 N–H and O–H groups in total. The van der Waals surface area contributed by atoms with E-state index >= 15 is 0 Å². The largest absolute Gasteiger partial charge is 0.493 e. The SMILES string of the molecule is CCOc1ccccc1C[P+](c1ccccc1)(c1ccccc1)c1ccccc1.c1ccc([B-](c2ccccc2)(c2ccccc2)c2ccccc2)cc1. The number of ether oxygens (including phenoxy) is 1. The lowest BCUT2D eigenvalue weighted by Crippen LogP contribution is -2.74. The second-order valence-corrected chi connectivity index (χ2v) is 17.0. The first-order chi connectivity index (χ1) is 26.8. The van der Waals surface area contributed by atoms with Gasteiger partial charge < -0.3 is 4.74 Å². The van der Waals surface area contributed by atoms with Crippen LogP contribution in [0.25, 0.3) is 0 Å². The normalized spacial score (nSPS) is 11.2. The average molecular weight is 717 g/mol. The van der Waals surface area contributed by atoms with Crippen LogP contribution in [0.15, 0.2) is 237 Å². The van der Waals surface area contributed by atoms with Crippen molar-refractivity contribution in [3.63, 3.8) is 0 Å². The predicted octanol–water partition coefficient (Wildman–Crippen LogP) is 8.64. The van der Waals surface area contributed by atoms with Gasteiger partial charge in [0, 0.05) is 5.56 Å². The Labute approximate surface area is 322 Å². The summed E-state index contributed by atoms with van der Waals surface area (Å²) in [6, 6.07) is 85.0. The van der Waals surface area contributed by atoms with Crippen molar-refractivity contribution in [1.29, 1.82) is 0 Å². The van der Waals surface area contributed by atoms with Crippen LogP contribution in [0.3, 0.4) is 0 Å². The maximum atomic E-state index is 6.01. The van der Waals surface area contributed by atoms with E-state index < -0.39 is 13.4 Å². The van der Waals surface area contributed by atoms with Crippen molar-refractivity contribution in [2.75, 3.05) is 6.61 Å². The summed E-state index contributed by atoms with van der Waals surface area (Å²) >= 11 is 0. The molecule has 264 valence electrons. The topological polar surface area (TPSA) is 9.23 Å². The Kier molecular flexibility index (Phi) is 11.9. The molecule has 0 atom stereocenters. The molecule has 0 unspecified atom stereocenters. The number of benzene rings is 8. The van der Waals surface area contributed by atoms with E-state index in [4.69, 9.17) is 4.74 Å². The van der Waals surface area contributed by atoms with Crippen LogP contribution >= 0.6 is 7.26 Å². The Balaban J connectivity index is 0.000000168. The Bertz CT molecular complexity index is 2020. The van der Waals surface area contributed by atoms with E-state index in [9.17, 15) is 0 Å². The molecule has 8 aromatic rings. The lowest BCUT2D eigenvalue weighted by atomic mass is 9.13. The first-order valence-corrected chi connectivity index (χ1v) is 20.9. The van der Waals surface area contributed by atoms with Gasteiger partial charge in [0.2, 0.25) is 0 Å². The third-order valence-corrected chi connectivity index (χ3v) is 14.8. The van der Waals surface area contributed by atoms with Gasteiger partial charge in [-0.3, -0.25) is 0 Å². The summed E-state index contributed by atoms with van der Waals surface area (Å²) in [5.41, 5.74) is 6.62. The van der Waals surface area contributed by atoms with E-state index in [-0.39, 0.29) is 0 Å². The molecule has 0 spiro atoms. The quantitative estimate of drug-likeness (QED) is 0.0963. The summed E-state index contributed by atoms with van der Waals surface area (Å²) < 4.78 is 6.01. The first kappa shape index (κ1) is 36.4. The van der Waals surface area contributed by atoms with Gasteiger partial charge in [0.1, 0.15) is 41.2 Å². The van der Waals surface area contributed by atoms with Crippen LogP contribution in [0.5, 0.6) is 5.75 Å². The minimum atomic E-state index is -1.91. The van der Waals surface area contributed by atoms with Crippen LogP contribution in [0.1, 0.15) is 12.5 Å². The third kappa shape index (κ3) is 7.58. The molecule has 1 nitrogen and oxygen atoms in total. The number of rotatable bonds is 11. The summed E-state index contributed by atoms with van der Waals surface area (Å²) in [5, 5.41) is 4.18. The van der Waals surface area contributed by atoms with Crippen molar-refractivity contribution >= 4 is 51.2 Å². The molecule has 54 heavy (non-hydrogen) atoms. The molecule has 3 heteroatoms. The van der Waals surface area contributed by atoms with Crippen molar-refractivity contribution in [3.05, 3.63) is 242 Å². The van der Waals surface area contributed by atoms with E-state index in [2.05, 4.69) is 237 Å². The smallest absolute Gasteiger partial charge is 0.126 e. The summed E-state index contributed by atoms with van der Waals surface area (Å²) in [7, 11) is -1.91. The second-order valence-electron chi connectivity index (χ2n) is 13.5. The van der Waals surface area contributed by atoms with Crippen molar-refractivity contribution in [2.45, 2.75) is 13.1 Å². The number of para-hydroxylation sites is 1. The number of hydrogen-bond acceptors (Lipinski definition) is 1. The van der Waals surface area contributed by atoms with Crippen molar-refractivity contribution in [1.82, 2.24) is 0 Å². The van der Waals surface area contributed by atoms with Crippen LogP contribution < -0.4 is 42.5 Å². The molecule has 0 amide bonds. The number of hydrogen-bond donors (Lipinski definition) is 0. The highest BCUT2D eigenvalue weighted by Gasteiger charge is 2.46. The average Bonchev–Trinajstić information content (AvgIpc) is 3.26. The molecule has 0 heterocycles. The van der Waals surface area contributed by atoms with Gasteiger partial charge in [-0.25, -0.2) is 0 Å². The zero-order chi connectivity index (χ0) is 36.9. The van der Waals surface area contributed by atoms with E-state index in [0.29, 0.717) is 6.61 Å². The Morgan fingerprint density at radius 2 is 0.630 bits per heavy atom. The van der Waals surface area contributed by atoms with Crippen LogP contribution in [-0.2, 0) is 6.16 Å². The molecule has 0 aliphatic carbocycles. The van der Waals surface area contributed by atoms with Gasteiger partial charge in [0.05, 0.1) is 6.61 Å². The molecular weight excluding hydrogens is 670 g/mol. The Hall–Kier alpha value is -5.95. The van der Waals surface area contributed by atoms with Gasteiger partial charge in [0.25, 0.3) is 0 Å². The van der Waals surface area contributed by atoms with E-state index in [0.717, 1.165) is 11.9 Å². The van der Waals surface area contributed by atoms with Gasteiger partial charge in [-0.15, -0.1) is 0 Å². The monoisotopic (exact) mass is 716 g/mol. The van der Waals surface area contributed by atoms with Crippen LogP contribution in [0.4, 0.5) is 0 Å². The molecule has 0 saturated carbocycles. The molecule has 0 radical (unpaired) electrons. The lowest BCUT2D eigenvalue weighted by Gasteiger charge is -2.44. The first-order valence-electron chi connectivity index (χ1n) is 18.9. The van der Waals surface area contributed by atoms with Gasteiger partial charge in [0.15, 0.2) is 0 Å². The van der Waals surface area contributed by atoms with Gasteiger partial charge in [-0.1, -0.05) is 194 Å². The minimum Gasteiger partial charge on any atom is -0.493 e. The maximum absolute atomic E-state index is 6.01. The Morgan fingerprint density at radius 3 is 0.944 bits per heavy atom. The van der Waals surface area contributed by atoms with E-state index in [1.807, 2.05) is 6.92 Å². The molecule has 0 aliphatic rings. The Morgan fingerprint density at radius 1 is 0.352 bits per heavy atom. The van der Waals surface area contributed by atoms with Crippen LogP contribution in [0.2, 0.25) is 0 Å². The van der Waals surface area contributed by atoms with Crippen molar-refractivity contribution < 1.29 is 4.74 Å². The zero-order valence-electron chi connectivity index (χ0n) is 30.9. The van der Waals surface area contributed by atoms with E-state index in [1.54, 1.807) is 0 Å². The highest BCUT2D eigenvalue weighted by molar-refractivity contribution is 7.95. The van der Waals surface area contributed by atoms with Crippen LogP contribution in [-0.4, -0.2) is 12.8 Å². The zero-order valence-corrected chi connectivity index (χ0v) is 31.8. The molecule has 0 saturated heterocycles. The predicted molar refractivity (Wildman–Crippen MR) is 237 cm³/mol. The molecule has 8 aromatic carbocycles. The standard InChI is InChI=1S/C27H26OP.C24H20B/c1-2-28-27-21-13-12-14-23(27)22-29(24-15-6-3-7-16-24,25-17-8-4-9-18-25)26-19-10-5-11-20-26;1-5-13-21(14-6-1)25(22-15-7-2-8-16-22,23-17-9-3-10-18-23)24-19-11-4-12-20-24/h3-21H,2,22H2,1H3;1-20H/q+1;-1. The fraction of sp³-hybridized carbons (Fsp3) is 0.0588. The van der Waals surface area contributed by atoms with Crippen LogP contribution in [0, 0.1) is 0 Å². The lowest BCUT2D eigenvalue weighted by molar-refractivity contribution is 0.337. The molecule has 0 aliphatic heterocycles. The highest BCUT2D eigenvalue weighted by atomic mass is 31.2. The van der Waals surface area contributed by atoms with E-state index in [1.165, 1.54) is 43.3 Å². The third-order valence-electron chi connectivity index (χ3n) is 10.5. The summed E-state index contributed by atoms with van der Waals surface area (Å²) in [5.74, 6) is 0.988. The van der Waals surface area contributed by atoms with Gasteiger partial charge in [-0.05, 0) is 49.4 Å². The summed E-state index contributed by atoms with van der Waals surface area (Å²) in [6.45, 7) is 2.72. The molecule has 8 rings (SSSR count). The molecular formula is C51H46BOP. The summed E-state index contributed by atoms with van der Waals surface area (Å²) in [4.78, 5) is 0. The van der Waals surface area contributed by atoms with Gasteiger partial charge in [-0.2, -0.15) is 21.9 Å². The minimum absolute atomic E-state index is 0.671.